The molecule has 0 unspecified atom stereocenters. The minimum absolute atomic E-state index is 0.0361. The molecule has 204 valence electrons. The number of esters is 2. The average molecular weight is 529 g/mol. The first kappa shape index (κ1) is 26.7. The lowest BCUT2D eigenvalue weighted by atomic mass is 9.49. The van der Waals surface area contributed by atoms with Gasteiger partial charge in [-0.15, -0.1) is 0 Å². The lowest BCUT2D eigenvalue weighted by Crippen LogP contribution is -2.79. The van der Waals surface area contributed by atoms with Crippen molar-refractivity contribution in [1.82, 2.24) is 0 Å². The normalized spacial score (nSPS) is 42.1. The van der Waals surface area contributed by atoms with Gasteiger partial charge in [0.05, 0.1) is 29.6 Å². The molecule has 10 nitrogen and oxygen atoms in total. The maximum Gasteiger partial charge on any atom is 0.338 e. The summed E-state index contributed by atoms with van der Waals surface area (Å²) in [4.78, 5) is 52.1. The van der Waals surface area contributed by atoms with Gasteiger partial charge in [0.1, 0.15) is 18.5 Å². The van der Waals surface area contributed by atoms with Crippen molar-refractivity contribution < 1.29 is 48.3 Å². The van der Waals surface area contributed by atoms with E-state index in [4.69, 9.17) is 18.9 Å². The molecule has 0 aromatic heterocycles. The highest BCUT2D eigenvalue weighted by Crippen LogP contribution is 2.65. The van der Waals surface area contributed by atoms with Gasteiger partial charge >= 0.3 is 11.9 Å². The summed E-state index contributed by atoms with van der Waals surface area (Å²) in [5.41, 5.74) is -4.00. The maximum absolute atomic E-state index is 14.4. The molecule has 5 rings (SSSR count). The van der Waals surface area contributed by atoms with Crippen molar-refractivity contribution in [3.05, 3.63) is 47.0 Å². The minimum atomic E-state index is -2.34. The van der Waals surface area contributed by atoms with Crippen LogP contribution in [0, 0.1) is 16.7 Å². The van der Waals surface area contributed by atoms with E-state index in [2.05, 4.69) is 0 Å². The number of Topliss-reactive ketones (excluding diaryl/α,β-unsaturated/α-hetero) is 1. The smallest absolute Gasteiger partial charge is 0.338 e. The van der Waals surface area contributed by atoms with E-state index >= 15 is 0 Å². The second kappa shape index (κ2) is 8.54. The molecule has 2 bridgehead atoms. The topological polar surface area (TPSA) is 146 Å². The van der Waals surface area contributed by atoms with Crippen LogP contribution in [-0.2, 0) is 33.3 Å². The molecule has 1 aromatic carbocycles. The van der Waals surface area contributed by atoms with Crippen molar-refractivity contribution >= 4 is 24.0 Å². The van der Waals surface area contributed by atoms with Crippen LogP contribution in [0.3, 0.4) is 0 Å². The van der Waals surface area contributed by atoms with E-state index in [1.807, 2.05) is 0 Å². The van der Waals surface area contributed by atoms with Gasteiger partial charge in [-0.2, -0.15) is 0 Å². The van der Waals surface area contributed by atoms with E-state index in [-0.39, 0.29) is 29.7 Å². The van der Waals surface area contributed by atoms with Crippen LogP contribution in [0.2, 0.25) is 0 Å². The summed E-state index contributed by atoms with van der Waals surface area (Å²) in [6.45, 7) is 7.30. The molecule has 0 radical (unpaired) electrons. The van der Waals surface area contributed by atoms with Gasteiger partial charge in [0, 0.05) is 18.8 Å². The maximum atomic E-state index is 14.4. The van der Waals surface area contributed by atoms with Crippen molar-refractivity contribution in [1.29, 1.82) is 0 Å². The first-order valence-electron chi connectivity index (χ1n) is 12.6. The first-order chi connectivity index (χ1) is 17.8. The molecule has 8 atom stereocenters. The van der Waals surface area contributed by atoms with Crippen LogP contribution in [0.1, 0.15) is 51.4 Å². The van der Waals surface area contributed by atoms with E-state index < -0.39 is 70.3 Å². The average Bonchev–Trinajstić information content (AvgIpc) is 3.05. The number of aliphatic hydroxyl groups excluding tert-OH is 1. The van der Waals surface area contributed by atoms with Crippen LogP contribution >= 0.6 is 0 Å². The fourth-order valence-electron chi connectivity index (χ4n) is 7.09. The second-order valence-electron chi connectivity index (χ2n) is 11.5. The third kappa shape index (κ3) is 3.27. The predicted molar refractivity (Wildman–Crippen MR) is 129 cm³/mol. The molecule has 3 aliphatic heterocycles. The summed E-state index contributed by atoms with van der Waals surface area (Å²) in [5.74, 6) is -5.66. The highest BCUT2D eigenvalue weighted by atomic mass is 16.7. The number of carbonyl (C=O) groups is 4. The molecular formula is C28H32O10. The molecular weight excluding hydrogens is 496 g/mol. The van der Waals surface area contributed by atoms with Crippen LogP contribution in [0.25, 0.3) is 0 Å². The quantitative estimate of drug-likeness (QED) is 0.335. The van der Waals surface area contributed by atoms with Gasteiger partial charge in [-0.25, -0.2) is 4.79 Å². The Hall–Kier alpha value is -2.92. The number of carbonyl (C=O) groups excluding carboxylic acids is 4. The van der Waals surface area contributed by atoms with Crippen molar-refractivity contribution in [3.8, 4) is 0 Å². The number of rotatable bonds is 4. The van der Waals surface area contributed by atoms with E-state index in [0.717, 1.165) is 0 Å². The van der Waals surface area contributed by atoms with E-state index in [9.17, 15) is 29.4 Å². The summed E-state index contributed by atoms with van der Waals surface area (Å²) >= 11 is 0. The number of hydrogen-bond donors (Lipinski definition) is 2. The molecule has 0 spiro atoms. The molecule has 2 N–H and O–H groups in total. The Morgan fingerprint density at radius 2 is 1.79 bits per heavy atom. The zero-order valence-electron chi connectivity index (χ0n) is 21.9. The number of allylic oxidation sites excluding steroid dienone is 1. The molecule has 38 heavy (non-hydrogen) atoms. The molecule has 1 aromatic rings. The molecule has 4 fully saturated rings. The number of benzene rings is 1. The lowest BCUT2D eigenvalue weighted by Gasteiger charge is -2.63. The highest BCUT2D eigenvalue weighted by molar-refractivity contribution is 5.96. The molecule has 0 amide bonds. The van der Waals surface area contributed by atoms with Gasteiger partial charge in [0.15, 0.2) is 17.5 Å². The molecule has 10 heteroatoms. The fraction of sp³-hybridized carbons (Fsp3) is 0.571. The molecule has 3 saturated heterocycles. The zero-order valence-corrected chi connectivity index (χ0v) is 21.9. The summed E-state index contributed by atoms with van der Waals surface area (Å²) in [5, 5.41) is 23.8. The fourth-order valence-corrected chi connectivity index (χ4v) is 7.09. The Labute approximate surface area is 219 Å². The third-order valence-corrected chi connectivity index (χ3v) is 9.12. The number of ketones is 1. The van der Waals surface area contributed by atoms with Gasteiger partial charge < -0.3 is 29.2 Å². The van der Waals surface area contributed by atoms with Gasteiger partial charge in [0.2, 0.25) is 5.79 Å². The van der Waals surface area contributed by atoms with Crippen LogP contribution in [-0.4, -0.2) is 76.6 Å². The molecule has 1 saturated carbocycles. The molecule has 4 aliphatic rings. The molecule has 3 heterocycles. The van der Waals surface area contributed by atoms with Crippen LogP contribution in [0.4, 0.5) is 0 Å². The Kier molecular flexibility index (Phi) is 6.00. The summed E-state index contributed by atoms with van der Waals surface area (Å²) < 4.78 is 23.7. The number of fused-ring (bicyclic) bond motifs is 5. The first-order valence-corrected chi connectivity index (χ1v) is 12.6. The monoisotopic (exact) mass is 528 g/mol. The number of aliphatic hydroxyl groups is 2. The Bertz CT molecular complexity index is 1240. The summed E-state index contributed by atoms with van der Waals surface area (Å²) in [6, 6.07) is 8.08. The van der Waals surface area contributed by atoms with E-state index in [0.29, 0.717) is 6.29 Å². The molecule has 1 aliphatic carbocycles. The van der Waals surface area contributed by atoms with Crippen molar-refractivity contribution in [2.45, 2.75) is 76.8 Å². The van der Waals surface area contributed by atoms with Crippen LogP contribution in [0.5, 0.6) is 0 Å². The number of hydrogen-bond acceptors (Lipinski definition) is 10. The largest absolute Gasteiger partial charge is 0.453 e. The van der Waals surface area contributed by atoms with Gasteiger partial charge in [0.25, 0.3) is 0 Å². The highest BCUT2D eigenvalue weighted by Gasteiger charge is 2.80. The minimum Gasteiger partial charge on any atom is -0.453 e. The van der Waals surface area contributed by atoms with Crippen molar-refractivity contribution in [2.75, 3.05) is 6.61 Å². The number of ether oxygens (including phenoxy) is 4. The van der Waals surface area contributed by atoms with Gasteiger partial charge in [-0.05, 0) is 37.1 Å². The third-order valence-electron chi connectivity index (χ3n) is 9.12. The van der Waals surface area contributed by atoms with E-state index in [1.54, 1.807) is 32.0 Å². The van der Waals surface area contributed by atoms with Gasteiger partial charge in [-0.1, -0.05) is 32.0 Å². The Morgan fingerprint density at radius 3 is 2.34 bits per heavy atom. The Morgan fingerprint density at radius 1 is 1.13 bits per heavy atom. The predicted octanol–water partition coefficient (Wildman–Crippen LogP) is 1.51. The van der Waals surface area contributed by atoms with Crippen LogP contribution < -0.4 is 0 Å². The standard InChI is InChI=1S/C28H32O10/c1-14(12-29)19-20-22(32)26(5)17(31)11-18-27(13-35-18,37-15(2)30)21(26)23(28(34,38-20)25(19,3)4)36-24(33)16-9-7-6-8-10-16/h6-10,12,17-18,20-21,23,31,34H,11,13H2,1-5H3/b19-14-/t17-,18+,20+,21-,23-,26+,27-,28+/m0/s1. The van der Waals surface area contributed by atoms with E-state index in [1.165, 1.54) is 32.9 Å². The summed E-state index contributed by atoms with van der Waals surface area (Å²) in [6.07, 6.45) is -4.60. The van der Waals surface area contributed by atoms with Crippen molar-refractivity contribution in [2.24, 2.45) is 16.7 Å². The lowest BCUT2D eigenvalue weighted by molar-refractivity contribution is -0.356. The van der Waals surface area contributed by atoms with Gasteiger partial charge in [-0.3, -0.25) is 14.4 Å². The summed E-state index contributed by atoms with van der Waals surface area (Å²) in [7, 11) is 0. The number of aldehydes is 1. The van der Waals surface area contributed by atoms with Crippen LogP contribution in [0.15, 0.2) is 41.5 Å². The zero-order chi connectivity index (χ0) is 27.8. The SMILES string of the molecule is CC(=O)O[C@@]12CO[C@@H]1C[C@H](O)[C@@]1(C)C(=O)[C@@H]3O[C@](O)([C@@H](OC(=O)c4ccccc4)[C@H]21)C(C)(C)/C3=C(/C)C=O. The Balaban J connectivity index is 1.78. The van der Waals surface area contributed by atoms with Crippen molar-refractivity contribution in [3.63, 3.8) is 0 Å². The second-order valence-corrected chi connectivity index (χ2v) is 11.5.